The van der Waals surface area contributed by atoms with Crippen LogP contribution in [-0.4, -0.2) is 15.7 Å². The lowest BCUT2D eigenvalue weighted by atomic mass is 10.1. The zero-order chi connectivity index (χ0) is 15.4. The third-order valence-corrected chi connectivity index (χ3v) is 3.94. The van der Waals surface area contributed by atoms with Gasteiger partial charge < -0.3 is 4.98 Å². The van der Waals surface area contributed by atoms with Crippen LogP contribution in [0.5, 0.6) is 0 Å². The molecule has 0 amide bonds. The van der Waals surface area contributed by atoms with Crippen LogP contribution in [0.3, 0.4) is 0 Å². The van der Waals surface area contributed by atoms with Crippen LogP contribution in [0.25, 0.3) is 11.3 Å². The Kier molecular flexibility index (Phi) is 4.84. The molecule has 1 aromatic carbocycles. The average Bonchev–Trinajstić information content (AvgIpc) is 2.45. The van der Waals surface area contributed by atoms with Gasteiger partial charge in [0.25, 0.3) is 5.56 Å². The van der Waals surface area contributed by atoms with Crippen LogP contribution in [0.2, 0.25) is 5.02 Å². The highest BCUT2D eigenvalue weighted by atomic mass is 35.5. The molecule has 0 unspecified atom stereocenters. The van der Waals surface area contributed by atoms with E-state index in [1.54, 1.807) is 24.3 Å². The van der Waals surface area contributed by atoms with E-state index >= 15 is 0 Å². The van der Waals surface area contributed by atoms with Gasteiger partial charge in [-0.05, 0) is 19.1 Å². The van der Waals surface area contributed by atoms with Crippen molar-refractivity contribution in [3.63, 3.8) is 0 Å². The summed E-state index contributed by atoms with van der Waals surface area (Å²) in [4.78, 5) is 19.0. The lowest BCUT2D eigenvalue weighted by Gasteiger charge is -2.06. The fourth-order valence-corrected chi connectivity index (χ4v) is 2.46. The van der Waals surface area contributed by atoms with Gasteiger partial charge in [-0.25, -0.2) is 4.98 Å². The summed E-state index contributed by atoms with van der Waals surface area (Å²) < 4.78 is 0. The molecule has 0 radical (unpaired) electrons. The summed E-state index contributed by atoms with van der Waals surface area (Å²) in [5.74, 6) is 0.648. The van der Waals surface area contributed by atoms with Crippen LogP contribution in [0.1, 0.15) is 12.5 Å². The number of nitriles is 1. The van der Waals surface area contributed by atoms with E-state index in [2.05, 4.69) is 16.5 Å². The minimum absolute atomic E-state index is 0.00278. The molecule has 1 N–H and O–H groups in total. The number of nitrogens with zero attached hydrogens (tertiary/aromatic N) is 2. The second kappa shape index (κ2) is 6.61. The summed E-state index contributed by atoms with van der Waals surface area (Å²) in [6.07, 6.45) is 0. The number of hydrogen-bond acceptors (Lipinski definition) is 4. The summed E-state index contributed by atoms with van der Waals surface area (Å²) in [7, 11) is 0. The summed E-state index contributed by atoms with van der Waals surface area (Å²) in [5.41, 5.74) is 1.57. The van der Waals surface area contributed by atoms with Gasteiger partial charge in [-0.15, -0.1) is 0 Å². The Hall–Kier alpha value is -2.03. The zero-order valence-corrected chi connectivity index (χ0v) is 12.9. The summed E-state index contributed by atoms with van der Waals surface area (Å²) in [6.45, 7) is 5.71. The van der Waals surface area contributed by atoms with Gasteiger partial charge in [-0.1, -0.05) is 47.6 Å². The first kappa shape index (κ1) is 15.4. The molecule has 0 aliphatic carbocycles. The zero-order valence-electron chi connectivity index (χ0n) is 11.3. The highest BCUT2D eigenvalue weighted by Crippen LogP contribution is 2.24. The number of halogens is 1. The van der Waals surface area contributed by atoms with E-state index in [4.69, 9.17) is 16.9 Å². The molecule has 1 aromatic heterocycles. The number of aromatic amines is 1. The van der Waals surface area contributed by atoms with Crippen LogP contribution in [0.4, 0.5) is 0 Å². The monoisotopic (exact) mass is 317 g/mol. The molecule has 21 heavy (non-hydrogen) atoms. The molecule has 0 aliphatic heterocycles. The number of H-pyrrole nitrogens is 1. The predicted molar refractivity (Wildman–Crippen MR) is 85.6 cm³/mol. The highest BCUT2D eigenvalue weighted by molar-refractivity contribution is 7.99. The quantitative estimate of drug-likeness (QED) is 0.531. The van der Waals surface area contributed by atoms with Gasteiger partial charge in [-0.2, -0.15) is 5.26 Å². The molecular formula is C15H12ClN3OS. The molecule has 0 atom stereocenters. The van der Waals surface area contributed by atoms with E-state index in [1.165, 1.54) is 11.8 Å². The molecule has 0 spiro atoms. The largest absolute Gasteiger partial charge is 0.300 e. The predicted octanol–water partition coefficient (Wildman–Crippen LogP) is 3.63. The minimum atomic E-state index is -0.443. The first-order valence-electron chi connectivity index (χ1n) is 6.09. The molecule has 0 fully saturated rings. The molecule has 0 saturated carbocycles. The molecular weight excluding hydrogens is 306 g/mol. The Morgan fingerprint density at radius 1 is 1.48 bits per heavy atom. The van der Waals surface area contributed by atoms with Gasteiger partial charge in [0.15, 0.2) is 5.16 Å². The molecule has 6 heteroatoms. The Labute approximate surface area is 131 Å². The number of thioether (sulfide) groups is 1. The number of aromatic nitrogens is 2. The Balaban J connectivity index is 2.52. The molecule has 4 nitrogen and oxygen atoms in total. The number of nitrogens with one attached hydrogen (secondary N) is 1. The van der Waals surface area contributed by atoms with Crippen molar-refractivity contribution >= 4 is 23.4 Å². The van der Waals surface area contributed by atoms with Crippen LogP contribution in [-0.2, 0) is 0 Å². The fourth-order valence-electron chi connectivity index (χ4n) is 1.63. The third-order valence-electron chi connectivity index (χ3n) is 2.58. The standard InChI is InChI=1S/C15H12ClN3OS/c1-9(2)8-21-15-18-13(12(7-17)14(20)19-15)10-3-5-11(16)6-4-10/h3-6H,1,8H2,2H3,(H,18,19,20). The SMILES string of the molecule is C=C(C)CSc1nc(-c2ccc(Cl)cc2)c(C#N)c(=O)[nH]1. The van der Waals surface area contributed by atoms with Crippen molar-refractivity contribution in [1.82, 2.24) is 9.97 Å². The van der Waals surface area contributed by atoms with Crippen LogP contribution in [0.15, 0.2) is 46.4 Å². The van der Waals surface area contributed by atoms with E-state index in [-0.39, 0.29) is 5.56 Å². The van der Waals surface area contributed by atoms with Gasteiger partial charge in [0.05, 0.1) is 5.69 Å². The maximum atomic E-state index is 12.0. The summed E-state index contributed by atoms with van der Waals surface area (Å²) in [6, 6.07) is 8.76. The third kappa shape index (κ3) is 3.75. The van der Waals surface area contributed by atoms with E-state index < -0.39 is 5.56 Å². The number of rotatable bonds is 4. The minimum Gasteiger partial charge on any atom is -0.300 e. The normalized spacial score (nSPS) is 10.1. The maximum absolute atomic E-state index is 12.0. The van der Waals surface area contributed by atoms with Crippen molar-refractivity contribution in [2.45, 2.75) is 12.1 Å². The van der Waals surface area contributed by atoms with Crippen molar-refractivity contribution < 1.29 is 0 Å². The molecule has 2 rings (SSSR count). The van der Waals surface area contributed by atoms with Crippen molar-refractivity contribution in [2.24, 2.45) is 0 Å². The van der Waals surface area contributed by atoms with Crippen molar-refractivity contribution in [3.8, 4) is 17.3 Å². The first-order valence-corrected chi connectivity index (χ1v) is 7.45. The maximum Gasteiger partial charge on any atom is 0.270 e. The van der Waals surface area contributed by atoms with Crippen LogP contribution < -0.4 is 5.56 Å². The first-order chi connectivity index (χ1) is 10.0. The van der Waals surface area contributed by atoms with Gasteiger partial charge in [0, 0.05) is 16.3 Å². The molecule has 1 heterocycles. The van der Waals surface area contributed by atoms with Gasteiger partial charge in [0.2, 0.25) is 0 Å². The van der Waals surface area contributed by atoms with Crippen molar-refractivity contribution in [1.29, 1.82) is 5.26 Å². The van der Waals surface area contributed by atoms with Crippen molar-refractivity contribution in [2.75, 3.05) is 5.75 Å². The lowest BCUT2D eigenvalue weighted by Crippen LogP contribution is -2.14. The van der Waals surface area contributed by atoms with E-state index in [0.29, 0.717) is 27.2 Å². The van der Waals surface area contributed by atoms with E-state index in [0.717, 1.165) is 5.57 Å². The summed E-state index contributed by atoms with van der Waals surface area (Å²) in [5, 5.41) is 10.2. The number of benzene rings is 1. The van der Waals surface area contributed by atoms with Crippen LogP contribution in [0, 0.1) is 11.3 Å². The van der Waals surface area contributed by atoms with Crippen molar-refractivity contribution in [3.05, 3.63) is 57.4 Å². The Morgan fingerprint density at radius 3 is 2.71 bits per heavy atom. The van der Waals surface area contributed by atoms with E-state index in [9.17, 15) is 4.79 Å². The molecule has 0 saturated heterocycles. The Bertz CT molecular complexity index is 775. The molecule has 0 bridgehead atoms. The topological polar surface area (TPSA) is 69.5 Å². The van der Waals surface area contributed by atoms with Crippen LogP contribution >= 0.6 is 23.4 Å². The number of hydrogen-bond donors (Lipinski definition) is 1. The summed E-state index contributed by atoms with van der Waals surface area (Å²) >= 11 is 7.22. The molecule has 0 aliphatic rings. The van der Waals surface area contributed by atoms with Gasteiger partial charge >= 0.3 is 0 Å². The smallest absolute Gasteiger partial charge is 0.270 e. The molecule has 106 valence electrons. The molecule has 2 aromatic rings. The Morgan fingerprint density at radius 2 is 2.14 bits per heavy atom. The highest BCUT2D eigenvalue weighted by Gasteiger charge is 2.13. The van der Waals surface area contributed by atoms with Gasteiger partial charge in [0.1, 0.15) is 11.6 Å². The second-order valence-electron chi connectivity index (χ2n) is 4.46. The second-order valence-corrected chi connectivity index (χ2v) is 5.86. The van der Waals surface area contributed by atoms with Gasteiger partial charge in [-0.3, -0.25) is 4.79 Å². The lowest BCUT2D eigenvalue weighted by molar-refractivity contribution is 0.936. The van der Waals surface area contributed by atoms with E-state index in [1.807, 2.05) is 13.0 Å². The fraction of sp³-hybridized carbons (Fsp3) is 0.133. The average molecular weight is 318 g/mol.